The highest BCUT2D eigenvalue weighted by Gasteiger charge is 2.13. The molecule has 0 amide bonds. The van der Waals surface area contributed by atoms with Gasteiger partial charge in [-0.25, -0.2) is 4.99 Å². The number of hydrogen-bond acceptors (Lipinski definition) is 3. The van der Waals surface area contributed by atoms with Gasteiger partial charge in [0.15, 0.2) is 5.75 Å². The molecule has 0 saturated carbocycles. The lowest BCUT2D eigenvalue weighted by molar-refractivity contribution is -0.401. The maximum absolute atomic E-state index is 6.24. The highest BCUT2D eigenvalue weighted by Crippen LogP contribution is 2.25. The van der Waals surface area contributed by atoms with Gasteiger partial charge in [0.1, 0.15) is 17.1 Å². The van der Waals surface area contributed by atoms with E-state index >= 15 is 0 Å². The molecule has 28 heavy (non-hydrogen) atoms. The molecule has 3 aromatic carbocycles. The highest BCUT2D eigenvalue weighted by molar-refractivity contribution is 6.31. The Morgan fingerprint density at radius 2 is 1.68 bits per heavy atom. The van der Waals surface area contributed by atoms with Crippen LogP contribution in [0.25, 0.3) is 22.3 Å². The van der Waals surface area contributed by atoms with Crippen LogP contribution >= 0.6 is 11.6 Å². The third-order valence-electron chi connectivity index (χ3n) is 4.46. The average Bonchev–Trinajstić information content (AvgIpc) is 2.74. The normalized spacial score (nSPS) is 11.6. The second-order valence-corrected chi connectivity index (χ2v) is 6.66. The molecule has 1 N–H and O–H groups in total. The van der Waals surface area contributed by atoms with E-state index in [4.69, 9.17) is 25.5 Å². The van der Waals surface area contributed by atoms with E-state index in [0.29, 0.717) is 10.8 Å². The maximum atomic E-state index is 6.24. The fourth-order valence-electron chi connectivity index (χ4n) is 3.06. The van der Waals surface area contributed by atoms with Crippen molar-refractivity contribution in [2.45, 2.75) is 0 Å². The molecule has 4 aromatic rings. The fraction of sp³-hybridized carbons (Fsp3) is 0.0870. The summed E-state index contributed by atoms with van der Waals surface area (Å²) in [6.45, 7) is 0. The van der Waals surface area contributed by atoms with Crippen molar-refractivity contribution in [3.63, 3.8) is 0 Å². The molecule has 1 aromatic heterocycles. The van der Waals surface area contributed by atoms with Gasteiger partial charge >= 0.3 is 0 Å². The Kier molecular flexibility index (Phi) is 5.04. The van der Waals surface area contributed by atoms with E-state index < -0.39 is 0 Å². The van der Waals surface area contributed by atoms with Crippen LogP contribution in [-0.4, -0.2) is 14.2 Å². The molecular weight excluding hydrogens is 374 g/mol. The van der Waals surface area contributed by atoms with Crippen molar-refractivity contribution in [1.29, 1.82) is 0 Å². The van der Waals surface area contributed by atoms with E-state index in [2.05, 4.69) is 4.99 Å². The Labute approximate surface area is 167 Å². The van der Waals surface area contributed by atoms with Gasteiger partial charge in [-0.1, -0.05) is 41.9 Å². The Balaban J connectivity index is 2.02. The first kappa shape index (κ1) is 18.1. The summed E-state index contributed by atoms with van der Waals surface area (Å²) in [6.07, 6.45) is 0. The minimum atomic E-state index is 0.635. The zero-order valence-electron chi connectivity index (χ0n) is 15.5. The van der Waals surface area contributed by atoms with Crippen molar-refractivity contribution in [2.75, 3.05) is 14.2 Å². The highest BCUT2D eigenvalue weighted by atomic mass is 35.5. The summed E-state index contributed by atoms with van der Waals surface area (Å²) in [7, 11) is 3.27. The van der Waals surface area contributed by atoms with Crippen LogP contribution in [0.15, 0.2) is 77.2 Å². The second-order valence-electron chi connectivity index (χ2n) is 6.22. The lowest BCUT2D eigenvalue weighted by atomic mass is 10.1. The molecule has 0 aliphatic carbocycles. The third-order valence-corrected chi connectivity index (χ3v) is 4.70. The Hall–Kier alpha value is -3.24. The van der Waals surface area contributed by atoms with Crippen LogP contribution in [0.3, 0.4) is 0 Å². The van der Waals surface area contributed by atoms with E-state index in [1.54, 1.807) is 14.2 Å². The Morgan fingerprint density at radius 1 is 0.857 bits per heavy atom. The SMILES string of the molecule is COc1ccc(OC)c([NH+]=c2cc(-c3ccccc3)oc3ccc(Cl)cc23)c1. The largest absolute Gasteiger partial charge is 0.497 e. The Bertz CT molecular complexity index is 1200. The molecule has 4 rings (SSSR count). The maximum Gasteiger partial charge on any atom is 0.250 e. The molecule has 0 spiro atoms. The van der Waals surface area contributed by atoms with Crippen molar-refractivity contribution in [3.8, 4) is 22.8 Å². The fourth-order valence-corrected chi connectivity index (χ4v) is 3.24. The predicted molar refractivity (Wildman–Crippen MR) is 110 cm³/mol. The van der Waals surface area contributed by atoms with E-state index in [0.717, 1.165) is 39.1 Å². The topological polar surface area (TPSA) is 45.6 Å². The van der Waals surface area contributed by atoms with E-state index in [1.807, 2.05) is 72.8 Å². The number of benzene rings is 3. The van der Waals surface area contributed by atoms with Gasteiger partial charge in [0.05, 0.1) is 31.7 Å². The molecule has 0 bridgehead atoms. The van der Waals surface area contributed by atoms with Crippen LogP contribution < -0.4 is 19.8 Å². The summed E-state index contributed by atoms with van der Waals surface area (Å²) in [6, 6.07) is 23.1. The lowest BCUT2D eigenvalue weighted by Gasteiger charge is -2.05. The first-order chi connectivity index (χ1) is 13.7. The number of halogens is 1. The van der Waals surface area contributed by atoms with Crippen molar-refractivity contribution in [3.05, 3.63) is 83.2 Å². The molecule has 0 atom stereocenters. The van der Waals surface area contributed by atoms with Gasteiger partial charge in [-0.15, -0.1) is 0 Å². The zero-order valence-corrected chi connectivity index (χ0v) is 16.3. The molecule has 0 aliphatic heterocycles. The van der Waals surface area contributed by atoms with Crippen LogP contribution in [0.5, 0.6) is 11.5 Å². The van der Waals surface area contributed by atoms with Gasteiger partial charge in [-0.2, -0.15) is 0 Å². The second kappa shape index (κ2) is 7.79. The number of methoxy groups -OCH3 is 2. The number of fused-ring (bicyclic) bond motifs is 1. The summed E-state index contributed by atoms with van der Waals surface area (Å²) in [5.74, 6) is 2.19. The van der Waals surface area contributed by atoms with Gasteiger partial charge in [-0.05, 0) is 30.3 Å². The van der Waals surface area contributed by atoms with Crippen LogP contribution in [0, 0.1) is 0 Å². The monoisotopic (exact) mass is 392 g/mol. The van der Waals surface area contributed by atoms with Gasteiger partial charge in [-0.3, -0.25) is 0 Å². The molecule has 0 unspecified atom stereocenters. The standard InChI is InChI=1S/C23H18ClNO3/c1-26-17-9-11-22(27-2)20(13-17)25-19-14-23(15-6-4-3-5-7-15)28-21-10-8-16(24)12-18(19)21/h3-14H,1-2H3/p+1. The number of hydrogen-bond donors (Lipinski definition) is 1. The molecule has 5 heteroatoms. The Morgan fingerprint density at radius 3 is 2.43 bits per heavy atom. The van der Waals surface area contributed by atoms with Crippen LogP contribution in [0.1, 0.15) is 0 Å². The summed E-state index contributed by atoms with van der Waals surface area (Å²) in [5, 5.41) is 2.36. The van der Waals surface area contributed by atoms with Crippen molar-refractivity contribution < 1.29 is 18.9 Å². The van der Waals surface area contributed by atoms with Gasteiger partial charge in [0.2, 0.25) is 11.0 Å². The minimum Gasteiger partial charge on any atom is -0.497 e. The molecular formula is C23H19ClNO3+. The molecule has 4 nitrogen and oxygen atoms in total. The first-order valence-electron chi connectivity index (χ1n) is 8.79. The number of rotatable bonds is 4. The van der Waals surface area contributed by atoms with Gasteiger partial charge in [0, 0.05) is 10.6 Å². The van der Waals surface area contributed by atoms with Crippen LogP contribution in [0.2, 0.25) is 5.02 Å². The molecule has 1 heterocycles. The first-order valence-corrected chi connectivity index (χ1v) is 9.16. The molecule has 0 radical (unpaired) electrons. The average molecular weight is 393 g/mol. The molecule has 140 valence electrons. The lowest BCUT2D eigenvalue weighted by Crippen LogP contribution is -2.70. The van der Waals surface area contributed by atoms with Crippen LogP contribution in [0.4, 0.5) is 5.69 Å². The minimum absolute atomic E-state index is 0.635. The quantitative estimate of drug-likeness (QED) is 0.569. The summed E-state index contributed by atoms with van der Waals surface area (Å²) >= 11 is 6.24. The number of nitrogens with one attached hydrogen (secondary N) is 1. The predicted octanol–water partition coefficient (Wildman–Crippen LogP) is 4.08. The van der Waals surface area contributed by atoms with Crippen molar-refractivity contribution in [1.82, 2.24) is 0 Å². The van der Waals surface area contributed by atoms with Crippen LogP contribution in [-0.2, 0) is 0 Å². The van der Waals surface area contributed by atoms with E-state index in [9.17, 15) is 0 Å². The summed E-state index contributed by atoms with van der Waals surface area (Å²) < 4.78 is 17.0. The van der Waals surface area contributed by atoms with Gasteiger partial charge < -0.3 is 13.9 Å². The van der Waals surface area contributed by atoms with Crippen molar-refractivity contribution in [2.24, 2.45) is 0 Å². The van der Waals surface area contributed by atoms with Gasteiger partial charge in [0.25, 0.3) is 0 Å². The number of ether oxygens (including phenoxy) is 2. The molecule has 0 saturated heterocycles. The van der Waals surface area contributed by atoms with Crippen molar-refractivity contribution >= 4 is 28.3 Å². The molecule has 0 fully saturated rings. The summed E-state index contributed by atoms with van der Waals surface area (Å²) in [5.41, 5.74) is 2.50. The summed E-state index contributed by atoms with van der Waals surface area (Å²) in [4.78, 5) is 3.45. The molecule has 0 aliphatic rings. The van der Waals surface area contributed by atoms with E-state index in [-0.39, 0.29) is 0 Å². The smallest absolute Gasteiger partial charge is 0.250 e. The van der Waals surface area contributed by atoms with E-state index in [1.165, 1.54) is 0 Å². The third kappa shape index (κ3) is 3.59. The zero-order chi connectivity index (χ0) is 19.5.